The van der Waals surface area contributed by atoms with Gasteiger partial charge in [-0.05, 0) is 52.2 Å². The lowest BCUT2D eigenvalue weighted by atomic mass is 9.99. The number of methoxy groups -OCH3 is 1. The Morgan fingerprint density at radius 1 is 1.32 bits per heavy atom. The van der Waals surface area contributed by atoms with Crippen molar-refractivity contribution in [2.45, 2.75) is 13.0 Å². The minimum Gasteiger partial charge on any atom is -0.496 e. The molecule has 1 atom stereocenters. The summed E-state index contributed by atoms with van der Waals surface area (Å²) in [5, 5.41) is 0. The predicted molar refractivity (Wildman–Crippen MR) is 80.1 cm³/mol. The summed E-state index contributed by atoms with van der Waals surface area (Å²) in [4.78, 5) is 4.14. The van der Waals surface area contributed by atoms with Gasteiger partial charge in [0.15, 0.2) is 0 Å². The van der Waals surface area contributed by atoms with E-state index in [-0.39, 0.29) is 6.04 Å². The number of aryl methyl sites for hydroxylation is 1. The molecule has 4 N–H and O–H groups in total. The van der Waals surface area contributed by atoms with Crippen molar-refractivity contribution in [2.75, 3.05) is 12.8 Å². The summed E-state index contributed by atoms with van der Waals surface area (Å²) in [6, 6.07) is 7.39. The van der Waals surface area contributed by atoms with Crippen LogP contribution >= 0.6 is 15.9 Å². The molecule has 100 valence electrons. The number of hydrogen-bond donors (Lipinski definition) is 2. The molecule has 0 aliphatic heterocycles. The maximum atomic E-state index is 6.26. The normalized spacial score (nSPS) is 12.2. The lowest BCUT2D eigenvalue weighted by molar-refractivity contribution is 0.412. The summed E-state index contributed by atoms with van der Waals surface area (Å²) >= 11 is 3.45. The van der Waals surface area contributed by atoms with Gasteiger partial charge in [0.05, 0.1) is 17.6 Å². The Labute approximate surface area is 120 Å². The van der Waals surface area contributed by atoms with Crippen molar-refractivity contribution < 1.29 is 4.74 Å². The summed E-state index contributed by atoms with van der Waals surface area (Å²) in [5.41, 5.74) is 15.0. The Morgan fingerprint density at radius 2 is 2.05 bits per heavy atom. The highest BCUT2D eigenvalue weighted by molar-refractivity contribution is 9.10. The number of benzene rings is 1. The molecule has 0 spiro atoms. The maximum Gasteiger partial charge on any atom is 0.133 e. The zero-order valence-electron chi connectivity index (χ0n) is 10.9. The minimum atomic E-state index is -0.311. The van der Waals surface area contributed by atoms with Crippen molar-refractivity contribution in [3.8, 4) is 5.75 Å². The van der Waals surface area contributed by atoms with Crippen LogP contribution in [0.15, 0.2) is 34.9 Å². The number of rotatable bonds is 3. The lowest BCUT2D eigenvalue weighted by Crippen LogP contribution is -2.15. The molecule has 1 unspecified atom stereocenters. The number of pyridine rings is 1. The highest BCUT2D eigenvalue weighted by atomic mass is 79.9. The van der Waals surface area contributed by atoms with E-state index < -0.39 is 0 Å². The molecule has 0 saturated carbocycles. The van der Waals surface area contributed by atoms with E-state index in [2.05, 4.69) is 20.9 Å². The van der Waals surface area contributed by atoms with Crippen LogP contribution in [0.1, 0.15) is 22.7 Å². The molecule has 1 aromatic carbocycles. The van der Waals surface area contributed by atoms with Gasteiger partial charge in [0.25, 0.3) is 0 Å². The SMILES string of the molecule is COc1ccc(C(N)c2cc(C)cnc2N)cc1Br. The van der Waals surface area contributed by atoms with E-state index in [9.17, 15) is 0 Å². The van der Waals surface area contributed by atoms with E-state index in [1.807, 2.05) is 31.2 Å². The van der Waals surface area contributed by atoms with Crippen molar-refractivity contribution in [2.24, 2.45) is 5.73 Å². The summed E-state index contributed by atoms with van der Waals surface area (Å²) in [5.74, 6) is 1.23. The molecule has 2 aromatic rings. The first-order valence-electron chi connectivity index (χ1n) is 5.84. The van der Waals surface area contributed by atoms with Crippen molar-refractivity contribution >= 4 is 21.7 Å². The van der Waals surface area contributed by atoms with Gasteiger partial charge in [-0.15, -0.1) is 0 Å². The van der Waals surface area contributed by atoms with Crippen molar-refractivity contribution in [3.63, 3.8) is 0 Å². The molecule has 5 heteroatoms. The van der Waals surface area contributed by atoms with Gasteiger partial charge in [-0.25, -0.2) is 4.98 Å². The molecule has 4 nitrogen and oxygen atoms in total. The molecule has 0 aliphatic rings. The smallest absolute Gasteiger partial charge is 0.133 e. The summed E-state index contributed by atoms with van der Waals surface area (Å²) in [6.45, 7) is 1.96. The Kier molecular flexibility index (Phi) is 4.07. The van der Waals surface area contributed by atoms with E-state index in [0.717, 1.165) is 26.9 Å². The fourth-order valence-corrected chi connectivity index (χ4v) is 2.47. The standard InChI is InChI=1S/C14H16BrN3O/c1-8-5-10(14(17)18-7-8)13(16)9-3-4-12(19-2)11(15)6-9/h3-7,13H,16H2,1-2H3,(H2,17,18). The third-order valence-electron chi connectivity index (χ3n) is 2.96. The van der Waals surface area contributed by atoms with Gasteiger partial charge in [0.1, 0.15) is 11.6 Å². The highest BCUT2D eigenvalue weighted by Crippen LogP contribution is 2.31. The van der Waals surface area contributed by atoms with Crippen LogP contribution in [0.5, 0.6) is 5.75 Å². The van der Waals surface area contributed by atoms with Gasteiger partial charge in [-0.1, -0.05) is 6.07 Å². The molecule has 0 radical (unpaired) electrons. The fraction of sp³-hybridized carbons (Fsp3) is 0.214. The highest BCUT2D eigenvalue weighted by Gasteiger charge is 2.14. The van der Waals surface area contributed by atoms with Crippen LogP contribution in [0.25, 0.3) is 0 Å². The Morgan fingerprint density at radius 3 is 2.68 bits per heavy atom. The van der Waals surface area contributed by atoms with Crippen LogP contribution in [0.2, 0.25) is 0 Å². The fourth-order valence-electron chi connectivity index (χ4n) is 1.91. The van der Waals surface area contributed by atoms with E-state index >= 15 is 0 Å². The van der Waals surface area contributed by atoms with Crippen LogP contribution in [-0.4, -0.2) is 12.1 Å². The van der Waals surface area contributed by atoms with Crippen LogP contribution in [0.4, 0.5) is 5.82 Å². The number of aromatic nitrogens is 1. The molecule has 2 rings (SSSR count). The van der Waals surface area contributed by atoms with E-state index in [0.29, 0.717) is 5.82 Å². The minimum absolute atomic E-state index is 0.311. The average molecular weight is 322 g/mol. The molecule has 1 heterocycles. The van der Waals surface area contributed by atoms with Gasteiger partial charge < -0.3 is 16.2 Å². The van der Waals surface area contributed by atoms with Crippen molar-refractivity contribution in [1.82, 2.24) is 4.98 Å². The van der Waals surface area contributed by atoms with Gasteiger partial charge in [-0.3, -0.25) is 0 Å². The van der Waals surface area contributed by atoms with Gasteiger partial charge in [-0.2, -0.15) is 0 Å². The van der Waals surface area contributed by atoms with Crippen LogP contribution < -0.4 is 16.2 Å². The van der Waals surface area contributed by atoms with Gasteiger partial charge >= 0.3 is 0 Å². The third-order valence-corrected chi connectivity index (χ3v) is 3.58. The van der Waals surface area contributed by atoms with Gasteiger partial charge in [0, 0.05) is 11.8 Å². The zero-order valence-corrected chi connectivity index (χ0v) is 12.4. The van der Waals surface area contributed by atoms with E-state index in [4.69, 9.17) is 16.2 Å². The van der Waals surface area contributed by atoms with Crippen molar-refractivity contribution in [1.29, 1.82) is 0 Å². The van der Waals surface area contributed by atoms with Crippen LogP contribution in [0.3, 0.4) is 0 Å². The lowest BCUT2D eigenvalue weighted by Gasteiger charge is -2.16. The first-order valence-corrected chi connectivity index (χ1v) is 6.63. The molecular formula is C14H16BrN3O. The summed E-state index contributed by atoms with van der Waals surface area (Å²) in [6.07, 6.45) is 1.73. The Balaban J connectivity index is 2.41. The predicted octanol–water partition coefficient (Wildman–Crippen LogP) is 2.79. The second kappa shape index (κ2) is 5.59. The summed E-state index contributed by atoms with van der Waals surface area (Å²) in [7, 11) is 1.63. The van der Waals surface area contributed by atoms with Crippen LogP contribution in [0, 0.1) is 6.92 Å². The number of anilines is 1. The van der Waals surface area contributed by atoms with E-state index in [1.54, 1.807) is 13.3 Å². The number of hydrogen-bond acceptors (Lipinski definition) is 4. The monoisotopic (exact) mass is 321 g/mol. The topological polar surface area (TPSA) is 74.2 Å². The molecular weight excluding hydrogens is 306 g/mol. The molecule has 1 aromatic heterocycles. The number of nitrogens with two attached hydrogens (primary N) is 2. The number of ether oxygens (including phenoxy) is 1. The number of halogens is 1. The molecule has 0 amide bonds. The molecule has 19 heavy (non-hydrogen) atoms. The molecule has 0 aliphatic carbocycles. The first kappa shape index (κ1) is 13.8. The quantitative estimate of drug-likeness (QED) is 0.911. The van der Waals surface area contributed by atoms with Crippen molar-refractivity contribution in [3.05, 3.63) is 51.6 Å². The summed E-state index contributed by atoms with van der Waals surface area (Å²) < 4.78 is 6.07. The zero-order chi connectivity index (χ0) is 14.0. The largest absolute Gasteiger partial charge is 0.496 e. The first-order chi connectivity index (χ1) is 9.02. The number of nitrogen functional groups attached to an aromatic ring is 1. The molecule has 0 saturated heterocycles. The molecule has 0 bridgehead atoms. The molecule has 0 fully saturated rings. The third kappa shape index (κ3) is 2.88. The van der Waals surface area contributed by atoms with Crippen LogP contribution in [-0.2, 0) is 0 Å². The average Bonchev–Trinajstić information content (AvgIpc) is 2.40. The second-order valence-corrected chi connectivity index (χ2v) is 5.21. The number of nitrogens with zero attached hydrogens (tertiary/aromatic N) is 1. The van der Waals surface area contributed by atoms with Gasteiger partial charge in [0.2, 0.25) is 0 Å². The Hall–Kier alpha value is -1.59. The van der Waals surface area contributed by atoms with E-state index in [1.165, 1.54) is 0 Å². The second-order valence-electron chi connectivity index (χ2n) is 4.36. The Bertz CT molecular complexity index is 601. The maximum absolute atomic E-state index is 6.26.